The molecular weight excluding hydrogens is 320 g/mol. The Balaban J connectivity index is 2.13. The standard InChI is InChI=1S/C11H15ClN4O2S2/c1-2-5-16-7-9(11(13)15-16)20(17,18)14-6-8-3-4-10(12)19-8/h3-4,7,14H,2,5-6H2,1H3,(H2,13,15). The second-order valence-corrected chi connectivity index (χ2v) is 7.71. The number of rotatable bonds is 6. The number of hydrogen-bond donors (Lipinski definition) is 2. The summed E-state index contributed by atoms with van der Waals surface area (Å²) in [7, 11) is -3.67. The van der Waals surface area contributed by atoms with E-state index in [0.29, 0.717) is 10.9 Å². The second-order valence-electron chi connectivity index (χ2n) is 4.17. The number of nitrogens with two attached hydrogens (primary N) is 1. The molecule has 0 saturated heterocycles. The average molecular weight is 335 g/mol. The molecule has 0 aliphatic carbocycles. The molecule has 0 bridgehead atoms. The predicted octanol–water partition coefficient (Wildman–Crippen LogP) is 2.07. The minimum Gasteiger partial charge on any atom is -0.381 e. The van der Waals surface area contributed by atoms with Crippen LogP contribution in [0.4, 0.5) is 5.82 Å². The fourth-order valence-corrected chi connectivity index (χ4v) is 3.86. The van der Waals surface area contributed by atoms with Gasteiger partial charge in [-0.3, -0.25) is 4.68 Å². The lowest BCUT2D eigenvalue weighted by Gasteiger charge is -2.03. The third kappa shape index (κ3) is 3.51. The minimum absolute atomic E-state index is 0.00797. The first-order chi connectivity index (χ1) is 9.42. The van der Waals surface area contributed by atoms with E-state index < -0.39 is 10.0 Å². The Bertz CT molecular complexity index is 693. The zero-order valence-electron chi connectivity index (χ0n) is 10.8. The van der Waals surface area contributed by atoms with E-state index >= 15 is 0 Å². The van der Waals surface area contributed by atoms with E-state index in [-0.39, 0.29) is 17.3 Å². The van der Waals surface area contributed by atoms with Gasteiger partial charge >= 0.3 is 0 Å². The maximum absolute atomic E-state index is 12.2. The van der Waals surface area contributed by atoms with Gasteiger partial charge in [-0.1, -0.05) is 18.5 Å². The maximum Gasteiger partial charge on any atom is 0.246 e. The first-order valence-corrected chi connectivity index (χ1v) is 8.67. The second kappa shape index (κ2) is 6.13. The van der Waals surface area contributed by atoms with Crippen LogP contribution in [-0.2, 0) is 23.1 Å². The predicted molar refractivity (Wildman–Crippen MR) is 80.3 cm³/mol. The SMILES string of the molecule is CCCn1cc(S(=O)(=O)NCc2ccc(Cl)s2)c(N)n1. The molecule has 0 unspecified atom stereocenters. The zero-order chi connectivity index (χ0) is 14.8. The molecule has 2 rings (SSSR count). The molecule has 0 spiro atoms. The topological polar surface area (TPSA) is 90.0 Å². The first-order valence-electron chi connectivity index (χ1n) is 5.99. The average Bonchev–Trinajstić information content (AvgIpc) is 2.94. The summed E-state index contributed by atoms with van der Waals surface area (Å²) in [6.45, 7) is 2.78. The Morgan fingerprint density at radius 1 is 1.50 bits per heavy atom. The van der Waals surface area contributed by atoms with Crippen LogP contribution in [0.5, 0.6) is 0 Å². The summed E-state index contributed by atoms with van der Waals surface area (Å²) in [5, 5.41) is 3.98. The highest BCUT2D eigenvalue weighted by Crippen LogP contribution is 2.22. The molecule has 9 heteroatoms. The Morgan fingerprint density at radius 3 is 2.85 bits per heavy atom. The van der Waals surface area contributed by atoms with Gasteiger partial charge in [-0.15, -0.1) is 11.3 Å². The third-order valence-electron chi connectivity index (χ3n) is 2.56. The quantitative estimate of drug-likeness (QED) is 0.846. The molecule has 0 amide bonds. The number of sulfonamides is 1. The number of nitrogen functional groups attached to an aromatic ring is 1. The van der Waals surface area contributed by atoms with Crippen LogP contribution >= 0.6 is 22.9 Å². The Morgan fingerprint density at radius 2 is 2.25 bits per heavy atom. The van der Waals surface area contributed by atoms with Crippen molar-refractivity contribution >= 4 is 38.8 Å². The van der Waals surface area contributed by atoms with E-state index in [1.807, 2.05) is 6.92 Å². The maximum atomic E-state index is 12.2. The van der Waals surface area contributed by atoms with E-state index in [0.717, 1.165) is 11.3 Å². The van der Waals surface area contributed by atoms with Crippen LogP contribution in [0, 0.1) is 0 Å². The Hall–Kier alpha value is -1.09. The zero-order valence-corrected chi connectivity index (χ0v) is 13.2. The molecular formula is C11H15ClN4O2S2. The number of aromatic nitrogens is 2. The number of halogens is 1. The molecule has 2 heterocycles. The van der Waals surface area contributed by atoms with Gasteiger partial charge in [0.25, 0.3) is 0 Å². The van der Waals surface area contributed by atoms with E-state index in [1.165, 1.54) is 22.2 Å². The summed E-state index contributed by atoms with van der Waals surface area (Å²) in [5.41, 5.74) is 5.66. The number of hydrogen-bond acceptors (Lipinski definition) is 5. The largest absolute Gasteiger partial charge is 0.381 e. The molecule has 3 N–H and O–H groups in total. The van der Waals surface area contributed by atoms with E-state index in [4.69, 9.17) is 17.3 Å². The molecule has 0 aliphatic rings. The Kier molecular flexibility index (Phi) is 4.69. The summed E-state index contributed by atoms with van der Waals surface area (Å²) in [5.74, 6) is 0.00941. The number of thiophene rings is 1. The highest BCUT2D eigenvalue weighted by atomic mass is 35.5. The van der Waals surface area contributed by atoms with Crippen molar-refractivity contribution in [3.05, 3.63) is 27.5 Å². The number of aryl methyl sites for hydroxylation is 1. The fourth-order valence-electron chi connectivity index (χ4n) is 1.66. The van der Waals surface area contributed by atoms with Crippen LogP contribution in [0.1, 0.15) is 18.2 Å². The van der Waals surface area contributed by atoms with Gasteiger partial charge in [0.2, 0.25) is 10.0 Å². The van der Waals surface area contributed by atoms with Crippen LogP contribution in [0.2, 0.25) is 4.34 Å². The fraction of sp³-hybridized carbons (Fsp3) is 0.364. The molecule has 0 saturated carbocycles. The lowest BCUT2D eigenvalue weighted by molar-refractivity contribution is 0.579. The summed E-state index contributed by atoms with van der Waals surface area (Å²) in [6, 6.07) is 3.50. The Labute approximate surface area is 126 Å². The van der Waals surface area contributed by atoms with Crippen molar-refractivity contribution in [2.75, 3.05) is 5.73 Å². The minimum atomic E-state index is -3.67. The van der Waals surface area contributed by atoms with E-state index in [1.54, 1.807) is 12.1 Å². The van der Waals surface area contributed by atoms with Gasteiger partial charge in [-0.05, 0) is 18.6 Å². The molecule has 2 aromatic heterocycles. The lowest BCUT2D eigenvalue weighted by Crippen LogP contribution is -2.23. The summed E-state index contributed by atoms with van der Waals surface area (Å²) in [4.78, 5) is 0.840. The van der Waals surface area contributed by atoms with Gasteiger partial charge in [0, 0.05) is 24.2 Å². The molecule has 0 atom stereocenters. The molecule has 20 heavy (non-hydrogen) atoms. The van der Waals surface area contributed by atoms with E-state index in [2.05, 4.69) is 9.82 Å². The highest BCUT2D eigenvalue weighted by Gasteiger charge is 2.21. The van der Waals surface area contributed by atoms with Crippen molar-refractivity contribution in [2.24, 2.45) is 0 Å². The van der Waals surface area contributed by atoms with Crippen molar-refractivity contribution in [1.29, 1.82) is 0 Å². The summed E-state index contributed by atoms with van der Waals surface area (Å²) >= 11 is 7.13. The summed E-state index contributed by atoms with van der Waals surface area (Å²) < 4.78 is 29.0. The number of nitrogens with one attached hydrogen (secondary N) is 1. The number of anilines is 1. The van der Waals surface area contributed by atoms with Gasteiger partial charge in [0.05, 0.1) is 4.34 Å². The van der Waals surface area contributed by atoms with Crippen LogP contribution in [0.25, 0.3) is 0 Å². The van der Waals surface area contributed by atoms with Crippen LogP contribution in [0.15, 0.2) is 23.2 Å². The van der Waals surface area contributed by atoms with Gasteiger partial charge in [0.15, 0.2) is 5.82 Å². The normalized spacial score (nSPS) is 11.9. The molecule has 0 fully saturated rings. The van der Waals surface area contributed by atoms with Gasteiger partial charge in [0.1, 0.15) is 4.90 Å². The van der Waals surface area contributed by atoms with Crippen LogP contribution < -0.4 is 10.5 Å². The third-order valence-corrected chi connectivity index (χ3v) is 5.21. The molecule has 2 aromatic rings. The molecule has 0 aliphatic heterocycles. The highest BCUT2D eigenvalue weighted by molar-refractivity contribution is 7.89. The first kappa shape index (κ1) is 15.3. The molecule has 110 valence electrons. The van der Waals surface area contributed by atoms with Crippen LogP contribution in [0.3, 0.4) is 0 Å². The lowest BCUT2D eigenvalue weighted by atomic mass is 10.5. The monoisotopic (exact) mass is 334 g/mol. The summed E-state index contributed by atoms with van der Waals surface area (Å²) in [6.07, 6.45) is 2.30. The van der Waals surface area contributed by atoms with Gasteiger partial charge in [-0.2, -0.15) is 5.10 Å². The van der Waals surface area contributed by atoms with Crippen molar-refractivity contribution < 1.29 is 8.42 Å². The molecule has 0 radical (unpaired) electrons. The van der Waals surface area contributed by atoms with Crippen molar-refractivity contribution in [3.63, 3.8) is 0 Å². The smallest absolute Gasteiger partial charge is 0.246 e. The van der Waals surface area contributed by atoms with E-state index in [9.17, 15) is 8.42 Å². The van der Waals surface area contributed by atoms with Crippen molar-refractivity contribution in [2.45, 2.75) is 31.3 Å². The van der Waals surface area contributed by atoms with Crippen LogP contribution in [-0.4, -0.2) is 18.2 Å². The van der Waals surface area contributed by atoms with Crippen molar-refractivity contribution in [3.8, 4) is 0 Å². The van der Waals surface area contributed by atoms with Crippen molar-refractivity contribution in [1.82, 2.24) is 14.5 Å². The molecule has 6 nitrogen and oxygen atoms in total. The molecule has 0 aromatic carbocycles. The number of nitrogens with zero attached hydrogens (tertiary/aromatic N) is 2. The van der Waals surface area contributed by atoms with Gasteiger partial charge in [-0.25, -0.2) is 13.1 Å². The van der Waals surface area contributed by atoms with Gasteiger partial charge < -0.3 is 5.73 Å².